The topological polar surface area (TPSA) is 26.3 Å². The van der Waals surface area contributed by atoms with Gasteiger partial charge in [0.15, 0.2) is 0 Å². The lowest BCUT2D eigenvalue weighted by Crippen LogP contribution is -1.90. The Kier molecular flexibility index (Phi) is 3.05. The first-order valence-electron chi connectivity index (χ1n) is 3.17. The molecular formula is C8H5ClFO2. The number of ether oxygens (including phenoxy) is 1. The van der Waals surface area contributed by atoms with Gasteiger partial charge in [-0.25, -0.2) is 9.18 Å². The summed E-state index contributed by atoms with van der Waals surface area (Å²) in [4.78, 5) is 9.66. The summed E-state index contributed by atoms with van der Waals surface area (Å²) in [7, 11) is 0. The van der Waals surface area contributed by atoms with Gasteiger partial charge in [0.2, 0.25) is 0 Å². The molecule has 0 amide bonds. The number of hydrogen-bond acceptors (Lipinski definition) is 2. The van der Waals surface area contributed by atoms with Gasteiger partial charge in [-0.2, -0.15) is 0 Å². The summed E-state index contributed by atoms with van der Waals surface area (Å²) in [5.74, 6) is -0.524. The highest BCUT2D eigenvalue weighted by atomic mass is 35.5. The Balaban J connectivity index is 2.75. The molecule has 0 saturated carbocycles. The highest BCUT2D eigenvalue weighted by Crippen LogP contribution is 2.15. The fourth-order valence-electron chi connectivity index (χ4n) is 0.742. The summed E-state index contributed by atoms with van der Waals surface area (Å²) < 4.78 is 17.0. The number of hydrogen-bond donors (Lipinski definition) is 0. The molecule has 0 fully saturated rings. The second-order valence-corrected chi connectivity index (χ2v) is 2.53. The van der Waals surface area contributed by atoms with E-state index in [2.05, 4.69) is 4.74 Å². The van der Waals surface area contributed by atoms with Crippen LogP contribution >= 0.6 is 11.6 Å². The fraction of sp³-hybridized carbons (Fsp3) is 0.125. The van der Waals surface area contributed by atoms with E-state index in [-0.39, 0.29) is 11.6 Å². The van der Waals surface area contributed by atoms with E-state index in [0.29, 0.717) is 5.56 Å². The largest absolute Gasteiger partial charge is 0.452 e. The maximum absolute atomic E-state index is 12.7. The average molecular weight is 188 g/mol. The Morgan fingerprint density at radius 1 is 1.58 bits per heavy atom. The molecule has 0 heterocycles. The standard InChI is InChI=1S/C8H5ClFO2/c9-7-2-1-6(3-8(7)10)4-12-5-11/h1-3H,4H2. The zero-order valence-corrected chi connectivity index (χ0v) is 6.77. The molecule has 1 radical (unpaired) electrons. The van der Waals surface area contributed by atoms with Crippen molar-refractivity contribution in [1.82, 2.24) is 0 Å². The minimum Gasteiger partial charge on any atom is -0.452 e. The smallest absolute Gasteiger partial charge is 0.417 e. The Morgan fingerprint density at radius 2 is 2.33 bits per heavy atom. The van der Waals surface area contributed by atoms with Gasteiger partial charge in [-0.15, -0.1) is 0 Å². The van der Waals surface area contributed by atoms with Gasteiger partial charge >= 0.3 is 6.47 Å². The quantitative estimate of drug-likeness (QED) is 0.724. The summed E-state index contributed by atoms with van der Waals surface area (Å²) in [6, 6.07) is 4.18. The van der Waals surface area contributed by atoms with E-state index in [4.69, 9.17) is 11.6 Å². The molecule has 0 aliphatic rings. The van der Waals surface area contributed by atoms with Gasteiger partial charge in [0.05, 0.1) is 5.02 Å². The van der Waals surface area contributed by atoms with E-state index >= 15 is 0 Å². The van der Waals surface area contributed by atoms with Gasteiger partial charge < -0.3 is 4.74 Å². The number of benzene rings is 1. The molecule has 0 spiro atoms. The third-order valence-electron chi connectivity index (χ3n) is 1.28. The second-order valence-electron chi connectivity index (χ2n) is 2.12. The predicted molar refractivity (Wildman–Crippen MR) is 41.9 cm³/mol. The maximum Gasteiger partial charge on any atom is 0.417 e. The third kappa shape index (κ3) is 2.20. The van der Waals surface area contributed by atoms with Gasteiger partial charge in [-0.1, -0.05) is 17.7 Å². The van der Waals surface area contributed by atoms with Crippen LogP contribution in [0.15, 0.2) is 18.2 Å². The molecule has 0 atom stereocenters. The zero-order valence-electron chi connectivity index (χ0n) is 6.01. The number of carbonyl (C=O) groups excluding carboxylic acids is 1. The van der Waals surface area contributed by atoms with Gasteiger partial charge in [0.25, 0.3) is 0 Å². The second kappa shape index (κ2) is 4.07. The molecule has 1 aromatic carbocycles. The molecule has 0 bridgehead atoms. The summed E-state index contributed by atoms with van der Waals surface area (Å²) in [5.41, 5.74) is 0.542. The fourth-order valence-corrected chi connectivity index (χ4v) is 0.860. The Hall–Kier alpha value is -1.09. The van der Waals surface area contributed by atoms with Crippen LogP contribution in [0.4, 0.5) is 4.39 Å². The van der Waals surface area contributed by atoms with E-state index in [0.717, 1.165) is 0 Å². The summed E-state index contributed by atoms with van der Waals surface area (Å²) in [6.07, 6.45) is 0. The average Bonchev–Trinajstić information content (AvgIpc) is 2.07. The molecule has 0 aliphatic heterocycles. The van der Waals surface area contributed by atoms with Crippen LogP contribution in [0.25, 0.3) is 0 Å². The van der Waals surface area contributed by atoms with Gasteiger partial charge in [-0.3, -0.25) is 0 Å². The van der Waals surface area contributed by atoms with Crippen LogP contribution in [0, 0.1) is 5.82 Å². The number of halogens is 2. The third-order valence-corrected chi connectivity index (χ3v) is 1.59. The molecule has 0 aliphatic carbocycles. The van der Waals surface area contributed by atoms with Crippen LogP contribution in [0.3, 0.4) is 0 Å². The first kappa shape index (κ1) is 9.00. The monoisotopic (exact) mass is 187 g/mol. The predicted octanol–water partition coefficient (Wildman–Crippen LogP) is 2.06. The van der Waals surface area contributed by atoms with Crippen molar-refractivity contribution in [2.24, 2.45) is 0 Å². The first-order chi connectivity index (χ1) is 5.74. The normalized spacial score (nSPS) is 9.50. The Labute approximate surface area is 73.9 Å². The molecule has 0 N–H and O–H groups in total. The maximum atomic E-state index is 12.7. The van der Waals surface area contributed by atoms with Crippen molar-refractivity contribution in [3.8, 4) is 0 Å². The highest BCUT2D eigenvalue weighted by molar-refractivity contribution is 6.30. The Morgan fingerprint density at radius 3 is 2.92 bits per heavy atom. The van der Waals surface area contributed by atoms with Gasteiger partial charge in [0, 0.05) is 0 Å². The molecule has 0 unspecified atom stereocenters. The molecule has 2 nitrogen and oxygen atoms in total. The minimum absolute atomic E-state index is 0.0115. The van der Waals surface area contributed by atoms with Crippen LogP contribution in [-0.2, 0) is 16.1 Å². The van der Waals surface area contributed by atoms with Crippen LogP contribution in [0.1, 0.15) is 5.56 Å². The van der Waals surface area contributed by atoms with Crippen molar-refractivity contribution < 1.29 is 13.9 Å². The molecule has 4 heteroatoms. The van der Waals surface area contributed by atoms with E-state index < -0.39 is 5.82 Å². The summed E-state index contributed by atoms with van der Waals surface area (Å²) in [6.45, 7) is 1.26. The zero-order chi connectivity index (χ0) is 8.97. The lowest BCUT2D eigenvalue weighted by Gasteiger charge is -1.99. The summed E-state index contributed by atoms with van der Waals surface area (Å²) >= 11 is 5.42. The SMILES string of the molecule is O=[C]OCc1ccc(Cl)c(F)c1. The summed E-state index contributed by atoms with van der Waals surface area (Å²) in [5, 5.41) is 0.0498. The van der Waals surface area contributed by atoms with Crippen molar-refractivity contribution in [2.45, 2.75) is 6.61 Å². The van der Waals surface area contributed by atoms with Crippen LogP contribution in [0.2, 0.25) is 5.02 Å². The molecule has 63 valence electrons. The first-order valence-corrected chi connectivity index (χ1v) is 3.54. The van der Waals surface area contributed by atoms with Gasteiger partial charge in [0.1, 0.15) is 12.4 Å². The van der Waals surface area contributed by atoms with E-state index in [9.17, 15) is 9.18 Å². The molecular weight excluding hydrogens is 183 g/mol. The minimum atomic E-state index is -0.524. The van der Waals surface area contributed by atoms with E-state index in [1.165, 1.54) is 18.6 Å². The van der Waals surface area contributed by atoms with E-state index in [1.807, 2.05) is 0 Å². The van der Waals surface area contributed by atoms with Crippen LogP contribution < -0.4 is 0 Å². The number of rotatable bonds is 3. The van der Waals surface area contributed by atoms with Crippen LogP contribution in [-0.4, -0.2) is 6.47 Å². The molecule has 1 rings (SSSR count). The van der Waals surface area contributed by atoms with Crippen molar-refractivity contribution in [3.05, 3.63) is 34.6 Å². The molecule has 0 aromatic heterocycles. The highest BCUT2D eigenvalue weighted by Gasteiger charge is 2.00. The van der Waals surface area contributed by atoms with Crippen molar-refractivity contribution in [3.63, 3.8) is 0 Å². The lowest BCUT2D eigenvalue weighted by atomic mass is 10.2. The van der Waals surface area contributed by atoms with E-state index in [1.54, 1.807) is 6.07 Å². The molecule has 0 saturated heterocycles. The van der Waals surface area contributed by atoms with Crippen LogP contribution in [0.5, 0.6) is 0 Å². The molecule has 1 aromatic rings. The van der Waals surface area contributed by atoms with Crippen molar-refractivity contribution in [2.75, 3.05) is 0 Å². The molecule has 12 heavy (non-hydrogen) atoms. The van der Waals surface area contributed by atoms with Gasteiger partial charge in [-0.05, 0) is 17.7 Å². The Bertz CT molecular complexity index is 288. The van der Waals surface area contributed by atoms with Crippen molar-refractivity contribution in [1.29, 1.82) is 0 Å². The van der Waals surface area contributed by atoms with Crippen molar-refractivity contribution >= 4 is 18.1 Å². The lowest BCUT2D eigenvalue weighted by molar-refractivity contribution is 0.266.